The highest BCUT2D eigenvalue weighted by Crippen LogP contribution is 2.34. The summed E-state index contributed by atoms with van der Waals surface area (Å²) in [6.45, 7) is 3.00. The molecule has 1 aliphatic rings. The van der Waals surface area contributed by atoms with Crippen LogP contribution in [-0.4, -0.2) is 34.8 Å². The Bertz CT molecular complexity index is 1020. The molecular weight excluding hydrogens is 394 g/mol. The number of rotatable bonds is 5. The first-order chi connectivity index (χ1) is 13.5. The van der Waals surface area contributed by atoms with Crippen LogP contribution in [0.25, 0.3) is 11.0 Å². The van der Waals surface area contributed by atoms with E-state index < -0.39 is 0 Å². The number of likely N-dealkylation sites (tertiary alicyclic amines) is 1. The molecule has 0 unspecified atom stereocenters. The molecular formula is C20H21N3O3S2. The second-order valence-electron chi connectivity index (χ2n) is 6.92. The van der Waals surface area contributed by atoms with Crippen LogP contribution in [0.15, 0.2) is 38.4 Å². The molecule has 2 amide bonds. The topological polar surface area (TPSA) is 89.4 Å². The third-order valence-corrected chi connectivity index (χ3v) is 7.18. The Morgan fingerprint density at radius 1 is 1.32 bits per heavy atom. The highest BCUT2D eigenvalue weighted by atomic mass is 32.2. The van der Waals surface area contributed by atoms with Gasteiger partial charge in [-0.05, 0) is 25.8 Å². The molecule has 1 aliphatic heterocycles. The predicted molar refractivity (Wildman–Crippen MR) is 110 cm³/mol. The van der Waals surface area contributed by atoms with Crippen LogP contribution in [-0.2, 0) is 10.5 Å². The largest absolute Gasteiger partial charge is 0.451 e. The van der Waals surface area contributed by atoms with Gasteiger partial charge in [0, 0.05) is 46.8 Å². The van der Waals surface area contributed by atoms with Crippen molar-refractivity contribution in [1.29, 1.82) is 0 Å². The van der Waals surface area contributed by atoms with Crippen molar-refractivity contribution in [2.75, 3.05) is 13.1 Å². The Morgan fingerprint density at radius 2 is 2.07 bits per heavy atom. The van der Waals surface area contributed by atoms with Gasteiger partial charge in [0.15, 0.2) is 5.76 Å². The van der Waals surface area contributed by atoms with Gasteiger partial charge < -0.3 is 15.1 Å². The molecule has 0 saturated carbocycles. The Hall–Kier alpha value is -2.32. The summed E-state index contributed by atoms with van der Waals surface area (Å²) in [6, 6.07) is 7.72. The minimum Gasteiger partial charge on any atom is -0.451 e. The Balaban J connectivity index is 1.59. The number of amides is 2. The molecule has 8 heteroatoms. The van der Waals surface area contributed by atoms with Crippen LogP contribution in [0.2, 0.25) is 0 Å². The minimum atomic E-state index is -0.285. The summed E-state index contributed by atoms with van der Waals surface area (Å²) >= 11 is 3.22. The number of hydrogen-bond donors (Lipinski definition) is 1. The third-order valence-electron chi connectivity index (χ3n) is 5.01. The monoisotopic (exact) mass is 415 g/mol. The summed E-state index contributed by atoms with van der Waals surface area (Å²) in [5, 5.41) is 2.98. The minimum absolute atomic E-state index is 0.120. The van der Waals surface area contributed by atoms with Gasteiger partial charge in [-0.2, -0.15) is 0 Å². The number of benzene rings is 1. The molecule has 2 aromatic heterocycles. The number of thiazole rings is 1. The number of thioether (sulfide) groups is 1. The normalized spacial score (nSPS) is 15.2. The lowest BCUT2D eigenvalue weighted by Crippen LogP contribution is -2.41. The molecule has 146 valence electrons. The molecule has 1 aromatic carbocycles. The summed E-state index contributed by atoms with van der Waals surface area (Å²) in [7, 11) is 0. The molecule has 2 N–H and O–H groups in total. The number of fused-ring (bicyclic) bond motifs is 1. The van der Waals surface area contributed by atoms with Crippen molar-refractivity contribution in [2.24, 2.45) is 11.7 Å². The maximum Gasteiger partial charge on any atom is 0.289 e. The number of aryl methyl sites for hydroxylation is 1. The number of nitrogens with two attached hydrogens (primary N) is 1. The molecule has 0 atom stereocenters. The van der Waals surface area contributed by atoms with Gasteiger partial charge >= 0.3 is 0 Å². The van der Waals surface area contributed by atoms with Crippen LogP contribution in [0.4, 0.5) is 0 Å². The van der Waals surface area contributed by atoms with Gasteiger partial charge in [0.05, 0.1) is 0 Å². The summed E-state index contributed by atoms with van der Waals surface area (Å²) in [4.78, 5) is 30.8. The average molecular weight is 416 g/mol. The highest BCUT2D eigenvalue weighted by molar-refractivity contribution is 8.00. The molecule has 28 heavy (non-hydrogen) atoms. The van der Waals surface area contributed by atoms with E-state index in [1.54, 1.807) is 28.0 Å². The van der Waals surface area contributed by atoms with E-state index in [0.29, 0.717) is 43.0 Å². The van der Waals surface area contributed by atoms with Crippen molar-refractivity contribution in [1.82, 2.24) is 9.88 Å². The van der Waals surface area contributed by atoms with E-state index in [2.05, 4.69) is 4.98 Å². The molecule has 3 aromatic rings. The summed E-state index contributed by atoms with van der Waals surface area (Å²) < 4.78 is 6.94. The van der Waals surface area contributed by atoms with Gasteiger partial charge in [0.1, 0.15) is 9.92 Å². The molecule has 0 spiro atoms. The van der Waals surface area contributed by atoms with Gasteiger partial charge in [0.2, 0.25) is 5.91 Å². The molecule has 3 heterocycles. The zero-order chi connectivity index (χ0) is 19.7. The number of furan rings is 1. The van der Waals surface area contributed by atoms with Crippen molar-refractivity contribution in [3.63, 3.8) is 0 Å². The SMILES string of the molecule is Cc1csc(SCc2c(C(=O)N3CCC(C(N)=O)CC3)oc3ccccc23)n1. The molecule has 1 fully saturated rings. The number of carbonyl (C=O) groups is 2. The Morgan fingerprint density at radius 3 is 2.75 bits per heavy atom. The van der Waals surface area contributed by atoms with Gasteiger partial charge in [-0.3, -0.25) is 9.59 Å². The van der Waals surface area contributed by atoms with Gasteiger partial charge in [0.25, 0.3) is 5.91 Å². The van der Waals surface area contributed by atoms with Crippen LogP contribution in [0, 0.1) is 12.8 Å². The van der Waals surface area contributed by atoms with Crippen molar-refractivity contribution in [2.45, 2.75) is 29.9 Å². The number of carbonyl (C=O) groups excluding carboxylic acids is 2. The van der Waals surface area contributed by atoms with E-state index in [4.69, 9.17) is 10.2 Å². The standard InChI is InChI=1S/C20H21N3O3S2/c1-12-10-27-20(22-12)28-11-15-14-4-2-3-5-16(14)26-17(15)19(25)23-8-6-13(7-9-23)18(21)24/h2-5,10,13H,6-9,11H2,1H3,(H2,21,24). The van der Waals surface area contributed by atoms with E-state index in [-0.39, 0.29) is 17.7 Å². The van der Waals surface area contributed by atoms with E-state index in [1.165, 1.54) is 0 Å². The lowest BCUT2D eigenvalue weighted by Gasteiger charge is -2.30. The number of nitrogens with zero attached hydrogens (tertiary/aromatic N) is 2. The van der Waals surface area contributed by atoms with Gasteiger partial charge in [-0.15, -0.1) is 11.3 Å². The fraction of sp³-hybridized carbons (Fsp3) is 0.350. The van der Waals surface area contributed by atoms with Crippen LogP contribution in [0.1, 0.15) is 34.7 Å². The maximum atomic E-state index is 13.2. The summed E-state index contributed by atoms with van der Waals surface area (Å²) in [5.41, 5.74) is 8.01. The lowest BCUT2D eigenvalue weighted by atomic mass is 9.96. The number of piperidine rings is 1. The van der Waals surface area contributed by atoms with E-state index >= 15 is 0 Å². The van der Waals surface area contributed by atoms with E-state index in [0.717, 1.165) is 21.0 Å². The van der Waals surface area contributed by atoms with Crippen LogP contribution in [0.3, 0.4) is 0 Å². The van der Waals surface area contributed by atoms with Crippen LogP contribution >= 0.6 is 23.1 Å². The van der Waals surface area contributed by atoms with Crippen molar-refractivity contribution in [3.8, 4) is 0 Å². The Kier molecular flexibility index (Phi) is 5.41. The first-order valence-electron chi connectivity index (χ1n) is 9.17. The molecule has 0 radical (unpaired) electrons. The number of primary amides is 1. The van der Waals surface area contributed by atoms with Gasteiger partial charge in [-0.1, -0.05) is 30.0 Å². The third kappa shape index (κ3) is 3.79. The molecule has 0 aliphatic carbocycles. The van der Waals surface area contributed by atoms with Crippen molar-refractivity contribution in [3.05, 3.63) is 46.7 Å². The van der Waals surface area contributed by atoms with Gasteiger partial charge in [-0.25, -0.2) is 4.98 Å². The molecule has 0 bridgehead atoms. The van der Waals surface area contributed by atoms with Crippen molar-refractivity contribution < 1.29 is 14.0 Å². The molecule has 4 rings (SSSR count). The smallest absolute Gasteiger partial charge is 0.289 e. The maximum absolute atomic E-state index is 13.2. The summed E-state index contributed by atoms with van der Waals surface area (Å²) in [6.07, 6.45) is 1.20. The Labute approximate surface area is 171 Å². The van der Waals surface area contributed by atoms with Crippen molar-refractivity contribution >= 4 is 45.9 Å². The predicted octanol–water partition coefficient (Wildman–Crippen LogP) is 3.83. The highest BCUT2D eigenvalue weighted by Gasteiger charge is 2.30. The number of aromatic nitrogens is 1. The number of hydrogen-bond acceptors (Lipinski definition) is 6. The van der Waals surface area contributed by atoms with Crippen LogP contribution < -0.4 is 5.73 Å². The first-order valence-corrected chi connectivity index (χ1v) is 11.0. The average Bonchev–Trinajstić information content (AvgIpc) is 3.29. The summed E-state index contributed by atoms with van der Waals surface area (Å²) in [5.74, 6) is 0.446. The lowest BCUT2D eigenvalue weighted by molar-refractivity contribution is -0.123. The zero-order valence-electron chi connectivity index (χ0n) is 15.5. The quantitative estimate of drug-likeness (QED) is 0.640. The fourth-order valence-corrected chi connectivity index (χ4v) is 5.34. The molecule has 1 saturated heterocycles. The van der Waals surface area contributed by atoms with E-state index in [9.17, 15) is 9.59 Å². The van der Waals surface area contributed by atoms with Crippen LogP contribution in [0.5, 0.6) is 0 Å². The van der Waals surface area contributed by atoms with E-state index in [1.807, 2.05) is 36.6 Å². The second-order valence-corrected chi connectivity index (χ2v) is 9.00. The number of para-hydroxylation sites is 1. The zero-order valence-corrected chi connectivity index (χ0v) is 17.1. The second kappa shape index (κ2) is 7.97. The first kappa shape index (κ1) is 19.0. The fourth-order valence-electron chi connectivity index (χ4n) is 3.46. The molecule has 6 nitrogen and oxygen atoms in total.